The van der Waals surface area contributed by atoms with Gasteiger partial charge in [0.25, 0.3) is 0 Å². The Kier molecular flexibility index (Phi) is 8.17. The second kappa shape index (κ2) is 10.2. The number of rotatable bonds is 7. The van der Waals surface area contributed by atoms with Crippen molar-refractivity contribution in [2.75, 3.05) is 5.75 Å². The summed E-state index contributed by atoms with van der Waals surface area (Å²) in [7, 11) is 0. The molecule has 4 nitrogen and oxygen atoms in total. The second-order valence-electron chi connectivity index (χ2n) is 8.17. The van der Waals surface area contributed by atoms with Gasteiger partial charge in [-0.15, -0.1) is 11.8 Å². The number of thioether (sulfide) groups is 1. The van der Waals surface area contributed by atoms with Crippen LogP contribution in [0.2, 0.25) is 5.02 Å². The predicted octanol–water partition coefficient (Wildman–Crippen LogP) is 5.07. The lowest BCUT2D eigenvalue weighted by molar-refractivity contribution is -0.139. The first kappa shape index (κ1) is 23.3. The summed E-state index contributed by atoms with van der Waals surface area (Å²) in [6.07, 6.45) is 0. The molecule has 0 aliphatic carbocycles. The van der Waals surface area contributed by atoms with Gasteiger partial charge in [-0.05, 0) is 64.4 Å². The molecule has 1 atom stereocenters. The number of benzene rings is 2. The van der Waals surface area contributed by atoms with Gasteiger partial charge in [-0.25, -0.2) is 0 Å². The minimum Gasteiger partial charge on any atom is -0.350 e. The molecule has 1 N–H and O–H groups in total. The van der Waals surface area contributed by atoms with Gasteiger partial charge in [0.05, 0.1) is 5.75 Å². The minimum atomic E-state index is -0.575. The van der Waals surface area contributed by atoms with Crippen LogP contribution in [0.1, 0.15) is 38.8 Å². The summed E-state index contributed by atoms with van der Waals surface area (Å²) < 4.78 is 0. The van der Waals surface area contributed by atoms with Gasteiger partial charge < -0.3 is 10.2 Å². The molecule has 0 fully saturated rings. The monoisotopic (exact) mass is 432 g/mol. The van der Waals surface area contributed by atoms with E-state index in [1.54, 1.807) is 24.0 Å². The van der Waals surface area contributed by atoms with Crippen LogP contribution in [-0.4, -0.2) is 34.0 Å². The van der Waals surface area contributed by atoms with E-state index in [2.05, 4.69) is 5.32 Å². The van der Waals surface area contributed by atoms with Gasteiger partial charge in [-0.2, -0.15) is 0 Å². The third kappa shape index (κ3) is 7.75. The van der Waals surface area contributed by atoms with E-state index in [4.69, 9.17) is 11.6 Å². The Labute approximate surface area is 183 Å². The Hall–Kier alpha value is -1.98. The maximum atomic E-state index is 13.1. The van der Waals surface area contributed by atoms with Gasteiger partial charge in [-0.1, -0.05) is 41.4 Å². The average molecular weight is 433 g/mol. The van der Waals surface area contributed by atoms with Crippen LogP contribution in [0.5, 0.6) is 0 Å². The molecule has 6 heteroatoms. The lowest BCUT2D eigenvalue weighted by atomic mass is 10.1. The number of carbonyl (C=O) groups excluding carboxylic acids is 2. The van der Waals surface area contributed by atoms with Crippen LogP contribution in [0.25, 0.3) is 0 Å². The smallest absolute Gasteiger partial charge is 0.242 e. The van der Waals surface area contributed by atoms with Crippen LogP contribution < -0.4 is 5.32 Å². The third-order valence-electron chi connectivity index (χ3n) is 4.31. The number of carbonyl (C=O) groups is 2. The molecular formula is C23H29ClN2O2S. The number of aryl methyl sites for hydroxylation is 1. The topological polar surface area (TPSA) is 49.4 Å². The van der Waals surface area contributed by atoms with Crippen molar-refractivity contribution in [2.45, 2.75) is 57.6 Å². The maximum Gasteiger partial charge on any atom is 0.242 e. The number of amides is 2. The van der Waals surface area contributed by atoms with E-state index in [0.717, 1.165) is 16.0 Å². The number of hydrogen-bond donors (Lipinski definition) is 1. The van der Waals surface area contributed by atoms with Gasteiger partial charge >= 0.3 is 0 Å². The summed E-state index contributed by atoms with van der Waals surface area (Å²) in [5.74, 6) is 0.0113. The van der Waals surface area contributed by atoms with Crippen molar-refractivity contribution < 1.29 is 9.59 Å². The number of nitrogens with zero attached hydrogens (tertiary/aromatic N) is 1. The molecule has 29 heavy (non-hydrogen) atoms. The molecule has 2 aromatic carbocycles. The normalized spacial score (nSPS) is 12.3. The zero-order chi connectivity index (χ0) is 21.6. The predicted molar refractivity (Wildman–Crippen MR) is 121 cm³/mol. The summed E-state index contributed by atoms with van der Waals surface area (Å²) in [6.45, 7) is 9.98. The first-order valence-electron chi connectivity index (χ1n) is 9.60. The SMILES string of the molecule is Cc1ccc(CN(C(=O)CSc2ccc(Cl)cc2)C(C)C(=O)NC(C)(C)C)cc1. The first-order valence-corrected chi connectivity index (χ1v) is 11.0. The fraction of sp³-hybridized carbons (Fsp3) is 0.391. The molecule has 0 heterocycles. The van der Waals surface area contributed by atoms with Crippen LogP contribution in [0.4, 0.5) is 0 Å². The Morgan fingerprint density at radius 2 is 1.66 bits per heavy atom. The molecule has 0 saturated carbocycles. The van der Waals surface area contributed by atoms with E-state index in [1.165, 1.54) is 11.8 Å². The summed E-state index contributed by atoms with van der Waals surface area (Å²) in [5.41, 5.74) is 1.79. The molecule has 0 spiro atoms. The van der Waals surface area contributed by atoms with Gasteiger partial charge in [0.1, 0.15) is 6.04 Å². The molecule has 2 aromatic rings. The lowest BCUT2D eigenvalue weighted by Gasteiger charge is -2.31. The Bertz CT molecular complexity index is 829. The van der Waals surface area contributed by atoms with Crippen molar-refractivity contribution in [3.63, 3.8) is 0 Å². The van der Waals surface area contributed by atoms with E-state index >= 15 is 0 Å². The third-order valence-corrected chi connectivity index (χ3v) is 5.56. The highest BCUT2D eigenvalue weighted by molar-refractivity contribution is 8.00. The van der Waals surface area contributed by atoms with Crippen LogP contribution in [-0.2, 0) is 16.1 Å². The van der Waals surface area contributed by atoms with Gasteiger partial charge in [0.15, 0.2) is 0 Å². The van der Waals surface area contributed by atoms with E-state index in [1.807, 2.05) is 64.1 Å². The maximum absolute atomic E-state index is 13.1. The summed E-state index contributed by atoms with van der Waals surface area (Å²) in [5, 5.41) is 3.64. The standard InChI is InChI=1S/C23H29ClN2O2S/c1-16-6-8-18(9-7-16)14-26(17(2)22(28)25-23(3,4)5)21(27)15-29-20-12-10-19(24)11-13-20/h6-13,17H,14-15H2,1-5H3,(H,25,28). The first-order chi connectivity index (χ1) is 13.5. The molecule has 156 valence electrons. The van der Waals surface area contributed by atoms with Crippen molar-refractivity contribution in [1.82, 2.24) is 10.2 Å². The highest BCUT2D eigenvalue weighted by atomic mass is 35.5. The van der Waals surface area contributed by atoms with Crippen molar-refractivity contribution in [1.29, 1.82) is 0 Å². The van der Waals surface area contributed by atoms with E-state index in [9.17, 15) is 9.59 Å². The number of hydrogen-bond acceptors (Lipinski definition) is 3. The molecule has 0 radical (unpaired) electrons. The second-order valence-corrected chi connectivity index (χ2v) is 9.65. The highest BCUT2D eigenvalue weighted by Crippen LogP contribution is 2.22. The fourth-order valence-electron chi connectivity index (χ4n) is 2.71. The van der Waals surface area contributed by atoms with Crippen LogP contribution in [0.15, 0.2) is 53.4 Å². The van der Waals surface area contributed by atoms with Crippen molar-refractivity contribution >= 4 is 35.2 Å². The van der Waals surface area contributed by atoms with Crippen LogP contribution in [0, 0.1) is 6.92 Å². The summed E-state index contributed by atoms with van der Waals surface area (Å²) in [4.78, 5) is 28.4. The molecule has 2 amide bonds. The number of halogens is 1. The van der Waals surface area contributed by atoms with E-state index < -0.39 is 6.04 Å². The molecule has 0 bridgehead atoms. The van der Waals surface area contributed by atoms with Gasteiger partial charge in [0.2, 0.25) is 11.8 Å². The fourth-order valence-corrected chi connectivity index (χ4v) is 3.62. The molecule has 0 aliphatic rings. The highest BCUT2D eigenvalue weighted by Gasteiger charge is 2.28. The van der Waals surface area contributed by atoms with E-state index in [0.29, 0.717) is 11.6 Å². The average Bonchev–Trinajstić information content (AvgIpc) is 2.65. The molecule has 0 aliphatic heterocycles. The molecule has 2 rings (SSSR count). The van der Waals surface area contributed by atoms with Crippen LogP contribution >= 0.6 is 23.4 Å². The Morgan fingerprint density at radius 1 is 1.07 bits per heavy atom. The Morgan fingerprint density at radius 3 is 2.21 bits per heavy atom. The molecular weight excluding hydrogens is 404 g/mol. The largest absolute Gasteiger partial charge is 0.350 e. The summed E-state index contributed by atoms with van der Waals surface area (Å²) >= 11 is 7.37. The van der Waals surface area contributed by atoms with Gasteiger partial charge in [0, 0.05) is 22.0 Å². The van der Waals surface area contributed by atoms with Crippen molar-refractivity contribution in [2.24, 2.45) is 0 Å². The molecule has 0 saturated heterocycles. The van der Waals surface area contributed by atoms with Gasteiger partial charge in [-0.3, -0.25) is 9.59 Å². The van der Waals surface area contributed by atoms with E-state index in [-0.39, 0.29) is 23.1 Å². The quantitative estimate of drug-likeness (QED) is 0.621. The lowest BCUT2D eigenvalue weighted by Crippen LogP contribution is -2.52. The molecule has 1 unspecified atom stereocenters. The van der Waals surface area contributed by atoms with Crippen LogP contribution in [0.3, 0.4) is 0 Å². The van der Waals surface area contributed by atoms with Crippen molar-refractivity contribution in [3.8, 4) is 0 Å². The zero-order valence-electron chi connectivity index (χ0n) is 17.7. The minimum absolute atomic E-state index is 0.0814. The number of nitrogens with one attached hydrogen (secondary N) is 1. The van der Waals surface area contributed by atoms with Crippen molar-refractivity contribution in [3.05, 3.63) is 64.7 Å². The molecule has 0 aromatic heterocycles. The summed E-state index contributed by atoms with van der Waals surface area (Å²) in [6, 6.07) is 14.8. The Balaban J connectivity index is 2.15. The zero-order valence-corrected chi connectivity index (χ0v) is 19.2.